The number of unbranched alkanes of at least 4 members (excludes halogenated alkanes) is 9. The van der Waals surface area contributed by atoms with Crippen LogP contribution in [0.15, 0.2) is 18.2 Å². The number of Topliss-reactive ketones (excluding diaryl/α,β-unsaturated/α-hetero) is 1. The molecular weight excluding hydrogens is 450 g/mol. The highest BCUT2D eigenvalue weighted by molar-refractivity contribution is 6.31. The van der Waals surface area contributed by atoms with E-state index in [-0.39, 0.29) is 22.8 Å². The van der Waals surface area contributed by atoms with Crippen molar-refractivity contribution in [2.45, 2.75) is 78.1 Å². The van der Waals surface area contributed by atoms with Crippen molar-refractivity contribution in [1.29, 1.82) is 0 Å². The molecule has 168 valence electrons. The second-order valence-electron chi connectivity index (χ2n) is 8.61. The van der Waals surface area contributed by atoms with Crippen LogP contribution in [0, 0.1) is 0 Å². The molecule has 0 heterocycles. The van der Waals surface area contributed by atoms with Gasteiger partial charge in [-0.3, -0.25) is 4.79 Å². The number of ether oxygens (including phenoxy) is 1. The maximum atomic E-state index is 11.8. The second kappa shape index (κ2) is 16.2. The molecule has 0 aliphatic heterocycles. The Balaban J connectivity index is 0.00000784. The minimum absolute atomic E-state index is 0. The van der Waals surface area contributed by atoms with E-state index in [1.54, 1.807) is 25.1 Å². The summed E-state index contributed by atoms with van der Waals surface area (Å²) < 4.78 is 6.84. The molecule has 1 rings (SSSR count). The summed E-state index contributed by atoms with van der Waals surface area (Å²) in [6.07, 6.45) is 13.7. The fraction of sp³-hybridized carbons (Fsp3) is 0.708. The molecule has 0 fully saturated rings. The van der Waals surface area contributed by atoms with Crippen molar-refractivity contribution in [1.82, 2.24) is 0 Å². The molecule has 0 bridgehead atoms. The lowest BCUT2D eigenvalue weighted by atomic mass is 10.1. The number of benzene rings is 1. The molecule has 5 heteroatoms. The number of likely N-dealkylation sites (N-methyl/N-ethyl adjacent to an activating group) is 1. The van der Waals surface area contributed by atoms with Gasteiger partial charge in [-0.05, 0) is 38.0 Å². The van der Waals surface area contributed by atoms with Gasteiger partial charge < -0.3 is 26.2 Å². The molecule has 1 aromatic carbocycles. The second-order valence-corrected chi connectivity index (χ2v) is 9.05. The van der Waals surface area contributed by atoms with Gasteiger partial charge in [0.25, 0.3) is 0 Å². The van der Waals surface area contributed by atoms with Crippen molar-refractivity contribution < 1.29 is 31.0 Å². The lowest BCUT2D eigenvalue weighted by Gasteiger charge is -2.29. The molecule has 0 aromatic heterocycles. The van der Waals surface area contributed by atoms with Gasteiger partial charge in [0.15, 0.2) is 5.78 Å². The first-order valence-corrected chi connectivity index (χ1v) is 11.5. The van der Waals surface area contributed by atoms with Gasteiger partial charge in [-0.1, -0.05) is 69.9 Å². The monoisotopic (exact) mass is 489 g/mol. The van der Waals surface area contributed by atoms with Crippen LogP contribution in [0.1, 0.15) is 88.4 Å². The van der Waals surface area contributed by atoms with E-state index in [4.69, 9.17) is 16.3 Å². The van der Waals surface area contributed by atoms with E-state index in [2.05, 4.69) is 21.0 Å². The average molecular weight is 491 g/mol. The number of nitrogens with zero attached hydrogens (tertiary/aromatic N) is 1. The number of hydrogen-bond acceptors (Lipinski definition) is 2. The first-order valence-electron chi connectivity index (χ1n) is 11.1. The van der Waals surface area contributed by atoms with E-state index in [1.165, 1.54) is 70.8 Å². The minimum atomic E-state index is -0.0170. The molecule has 0 atom stereocenters. The quantitative estimate of drug-likeness (QED) is 0.199. The van der Waals surface area contributed by atoms with Gasteiger partial charge in [-0.2, -0.15) is 0 Å². The Kier molecular flexibility index (Phi) is 15.8. The molecule has 0 spiro atoms. The molecule has 29 heavy (non-hydrogen) atoms. The molecular formula is C24H41BrClNO2. The van der Waals surface area contributed by atoms with Gasteiger partial charge in [0.2, 0.25) is 0 Å². The van der Waals surface area contributed by atoms with Crippen molar-refractivity contribution in [3.05, 3.63) is 28.8 Å². The van der Waals surface area contributed by atoms with Crippen LogP contribution < -0.4 is 21.7 Å². The Hall–Kier alpha value is -0.580. The van der Waals surface area contributed by atoms with Crippen molar-refractivity contribution in [3.8, 4) is 5.75 Å². The van der Waals surface area contributed by atoms with E-state index in [0.29, 0.717) is 22.9 Å². The van der Waals surface area contributed by atoms with E-state index in [0.717, 1.165) is 11.0 Å². The fourth-order valence-electron chi connectivity index (χ4n) is 3.44. The Labute approximate surface area is 194 Å². The number of carbonyl (C=O) groups is 1. The topological polar surface area (TPSA) is 26.3 Å². The summed E-state index contributed by atoms with van der Waals surface area (Å²) in [5, 5.41) is 0.564. The molecule has 0 saturated carbocycles. The minimum Gasteiger partial charge on any atom is -1.00 e. The van der Waals surface area contributed by atoms with E-state index < -0.39 is 0 Å². The Morgan fingerprint density at radius 1 is 0.931 bits per heavy atom. The number of halogens is 2. The van der Waals surface area contributed by atoms with Crippen LogP contribution in [-0.4, -0.2) is 44.1 Å². The van der Waals surface area contributed by atoms with Gasteiger partial charge in [-0.15, -0.1) is 0 Å². The highest BCUT2D eigenvalue weighted by Crippen LogP contribution is 2.23. The van der Waals surface area contributed by atoms with Crippen molar-refractivity contribution >= 4 is 17.4 Å². The van der Waals surface area contributed by atoms with E-state index >= 15 is 0 Å². The van der Waals surface area contributed by atoms with Crippen LogP contribution >= 0.6 is 11.6 Å². The number of ketones is 1. The van der Waals surface area contributed by atoms with Crippen LogP contribution in [0.3, 0.4) is 0 Å². The number of carbonyl (C=O) groups excluding carboxylic acids is 1. The third-order valence-corrected chi connectivity index (χ3v) is 5.63. The highest BCUT2D eigenvalue weighted by atomic mass is 79.9. The summed E-state index contributed by atoms with van der Waals surface area (Å²) in [7, 11) is 4.51. The molecule has 1 aromatic rings. The standard InChI is InChI=1S/C24H41ClNO2.BrH/c1-5-6-7-8-9-10-11-12-13-14-17-26(3,4)18-19-28-24-16-15-22(25)20-23(24)21(2)27;/h15-16,20H,5-14,17-19H2,1-4H3;1H/q+1;/p-1. The maximum absolute atomic E-state index is 11.8. The number of quaternary nitrogens is 1. The van der Waals surface area contributed by atoms with Gasteiger partial charge in [0.1, 0.15) is 18.9 Å². The normalized spacial score (nSPS) is 11.2. The molecule has 0 radical (unpaired) electrons. The van der Waals surface area contributed by atoms with Gasteiger partial charge >= 0.3 is 0 Å². The zero-order valence-electron chi connectivity index (χ0n) is 18.9. The smallest absolute Gasteiger partial charge is 0.163 e. The third-order valence-electron chi connectivity index (χ3n) is 5.39. The summed E-state index contributed by atoms with van der Waals surface area (Å²) in [5.41, 5.74) is 0.563. The zero-order chi connectivity index (χ0) is 20.8. The summed E-state index contributed by atoms with van der Waals surface area (Å²) in [6.45, 7) is 6.51. The zero-order valence-corrected chi connectivity index (χ0v) is 21.3. The third kappa shape index (κ3) is 13.4. The highest BCUT2D eigenvalue weighted by Gasteiger charge is 2.16. The van der Waals surface area contributed by atoms with Gasteiger partial charge in [-0.25, -0.2) is 0 Å². The SMILES string of the molecule is CCCCCCCCCCCC[N+](C)(C)CCOc1ccc(Cl)cc1C(C)=O.[Br-]. The van der Waals surface area contributed by atoms with Crippen LogP contribution in [0.5, 0.6) is 5.75 Å². The molecule has 0 saturated heterocycles. The largest absolute Gasteiger partial charge is 1.00 e. The Morgan fingerprint density at radius 3 is 2.03 bits per heavy atom. The number of rotatable bonds is 16. The first kappa shape index (κ1) is 28.4. The molecule has 0 aliphatic rings. The van der Waals surface area contributed by atoms with Gasteiger partial charge in [0, 0.05) is 5.02 Å². The molecule has 3 nitrogen and oxygen atoms in total. The Bertz CT molecular complexity index is 578. The maximum Gasteiger partial charge on any atom is 0.163 e. The molecule has 0 aliphatic carbocycles. The first-order chi connectivity index (χ1) is 13.4. The van der Waals surface area contributed by atoms with Gasteiger partial charge in [0.05, 0.1) is 26.2 Å². The predicted octanol–water partition coefficient (Wildman–Crippen LogP) is 3.92. The average Bonchev–Trinajstić information content (AvgIpc) is 2.64. The fourth-order valence-corrected chi connectivity index (χ4v) is 3.62. The summed E-state index contributed by atoms with van der Waals surface area (Å²) in [5.74, 6) is 0.618. The van der Waals surface area contributed by atoms with Crippen molar-refractivity contribution in [2.24, 2.45) is 0 Å². The Morgan fingerprint density at radius 2 is 1.48 bits per heavy atom. The number of hydrogen-bond donors (Lipinski definition) is 0. The molecule has 0 amide bonds. The molecule has 0 unspecified atom stereocenters. The summed E-state index contributed by atoms with van der Waals surface area (Å²) in [4.78, 5) is 11.8. The van der Waals surface area contributed by atoms with Crippen LogP contribution in [-0.2, 0) is 0 Å². The van der Waals surface area contributed by atoms with Crippen LogP contribution in [0.25, 0.3) is 0 Å². The molecule has 0 N–H and O–H groups in total. The summed E-state index contributed by atoms with van der Waals surface area (Å²) >= 11 is 5.99. The predicted molar refractivity (Wildman–Crippen MR) is 121 cm³/mol. The van der Waals surface area contributed by atoms with Crippen molar-refractivity contribution in [2.75, 3.05) is 33.8 Å². The lowest BCUT2D eigenvalue weighted by Crippen LogP contribution is -3.00. The lowest BCUT2D eigenvalue weighted by molar-refractivity contribution is -0.890. The van der Waals surface area contributed by atoms with E-state index in [1.807, 2.05) is 0 Å². The van der Waals surface area contributed by atoms with E-state index in [9.17, 15) is 4.79 Å². The van der Waals surface area contributed by atoms with Crippen LogP contribution in [0.2, 0.25) is 5.02 Å². The summed E-state index contributed by atoms with van der Waals surface area (Å²) in [6, 6.07) is 5.25. The van der Waals surface area contributed by atoms with Crippen molar-refractivity contribution in [3.63, 3.8) is 0 Å². The van der Waals surface area contributed by atoms with Crippen LogP contribution in [0.4, 0.5) is 0 Å².